The van der Waals surface area contributed by atoms with Crippen molar-refractivity contribution in [3.8, 4) is 0 Å². The second-order valence-corrected chi connectivity index (χ2v) is 8.29. The average molecular weight is 314 g/mol. The Morgan fingerprint density at radius 3 is 2.81 bits per heavy atom. The minimum atomic E-state index is 0.374. The van der Waals surface area contributed by atoms with Crippen LogP contribution in [0.1, 0.15) is 19.8 Å². The fourth-order valence-electron chi connectivity index (χ4n) is 3.00. The van der Waals surface area contributed by atoms with Crippen molar-refractivity contribution in [1.29, 1.82) is 0 Å². The van der Waals surface area contributed by atoms with Crippen molar-refractivity contribution in [3.63, 3.8) is 0 Å². The van der Waals surface area contributed by atoms with Gasteiger partial charge in [0, 0.05) is 50.6 Å². The van der Waals surface area contributed by atoms with Gasteiger partial charge in [-0.15, -0.1) is 0 Å². The first kappa shape index (κ1) is 16.9. The molecule has 21 heavy (non-hydrogen) atoms. The third-order valence-corrected chi connectivity index (χ3v) is 6.18. The Hall–Kier alpha value is -0.460. The molecule has 0 radical (unpaired) electrons. The number of hydrogen-bond donors (Lipinski definition) is 2. The van der Waals surface area contributed by atoms with Crippen molar-refractivity contribution in [2.24, 2.45) is 4.99 Å². The van der Waals surface area contributed by atoms with E-state index in [0.717, 1.165) is 38.7 Å². The first-order valence-corrected chi connectivity index (χ1v) is 8.98. The maximum absolute atomic E-state index is 4.36. The van der Waals surface area contributed by atoms with Gasteiger partial charge in [0.25, 0.3) is 0 Å². The molecule has 0 aromatic carbocycles. The highest BCUT2D eigenvalue weighted by molar-refractivity contribution is 8.00. The highest BCUT2D eigenvalue weighted by Gasteiger charge is 2.29. The number of nitrogens with zero attached hydrogens (tertiary/aromatic N) is 3. The summed E-state index contributed by atoms with van der Waals surface area (Å²) in [5, 5.41) is 7.00. The molecule has 5 nitrogen and oxygen atoms in total. The molecule has 0 amide bonds. The van der Waals surface area contributed by atoms with Gasteiger partial charge in [-0.05, 0) is 39.6 Å². The third kappa shape index (κ3) is 5.04. The zero-order chi connectivity index (χ0) is 15.3. The smallest absolute Gasteiger partial charge is 0.191 e. The summed E-state index contributed by atoms with van der Waals surface area (Å²) in [4.78, 5) is 9.20. The molecule has 2 saturated heterocycles. The van der Waals surface area contributed by atoms with Crippen LogP contribution < -0.4 is 10.6 Å². The highest BCUT2D eigenvalue weighted by Crippen LogP contribution is 2.36. The molecule has 0 aromatic heterocycles. The van der Waals surface area contributed by atoms with E-state index in [1.165, 1.54) is 18.6 Å². The van der Waals surface area contributed by atoms with E-state index in [0.29, 0.717) is 10.8 Å². The molecule has 0 saturated carbocycles. The SMILES string of the molecule is CN=C(NCC1CN(C)CCN1C)NCC1(C)CCCS1. The Morgan fingerprint density at radius 2 is 2.14 bits per heavy atom. The molecule has 2 fully saturated rings. The van der Waals surface area contributed by atoms with E-state index < -0.39 is 0 Å². The van der Waals surface area contributed by atoms with Crippen LogP contribution in [0.2, 0.25) is 0 Å². The number of likely N-dealkylation sites (N-methyl/N-ethyl adjacent to an activating group) is 2. The van der Waals surface area contributed by atoms with Gasteiger partial charge < -0.3 is 15.5 Å². The lowest BCUT2D eigenvalue weighted by Gasteiger charge is -2.38. The Bertz CT molecular complexity index is 354. The second kappa shape index (κ2) is 7.70. The van der Waals surface area contributed by atoms with Crippen LogP contribution in [0.15, 0.2) is 4.99 Å². The molecule has 0 aliphatic carbocycles. The lowest BCUT2D eigenvalue weighted by atomic mass is 10.1. The first-order valence-electron chi connectivity index (χ1n) is 8.00. The van der Waals surface area contributed by atoms with Crippen LogP contribution in [0.5, 0.6) is 0 Å². The molecule has 2 atom stereocenters. The molecule has 2 N–H and O–H groups in total. The Morgan fingerprint density at radius 1 is 1.33 bits per heavy atom. The van der Waals surface area contributed by atoms with Gasteiger partial charge in [-0.3, -0.25) is 9.89 Å². The van der Waals surface area contributed by atoms with Crippen LogP contribution in [0.25, 0.3) is 0 Å². The summed E-state index contributed by atoms with van der Waals surface area (Å²) >= 11 is 2.08. The Balaban J connectivity index is 1.74. The number of guanidine groups is 1. The summed E-state index contributed by atoms with van der Waals surface area (Å²) in [6.45, 7) is 7.73. The van der Waals surface area contributed by atoms with Crippen molar-refractivity contribution in [3.05, 3.63) is 0 Å². The van der Waals surface area contributed by atoms with Gasteiger partial charge in [-0.1, -0.05) is 0 Å². The number of thioether (sulfide) groups is 1. The first-order chi connectivity index (χ1) is 10.0. The average Bonchev–Trinajstić information content (AvgIpc) is 2.90. The molecule has 2 aliphatic rings. The van der Waals surface area contributed by atoms with Crippen molar-refractivity contribution >= 4 is 17.7 Å². The predicted molar refractivity (Wildman–Crippen MR) is 93.4 cm³/mol. The summed E-state index contributed by atoms with van der Waals surface area (Å²) in [6.07, 6.45) is 2.64. The second-order valence-electron chi connectivity index (χ2n) is 6.61. The van der Waals surface area contributed by atoms with Crippen molar-refractivity contribution in [2.75, 3.05) is 59.6 Å². The standard InChI is InChI=1S/C15H31N5S/c1-15(6-5-9-21-15)12-18-14(16-2)17-10-13-11-19(3)7-8-20(13)4/h13H,5-12H2,1-4H3,(H2,16,17,18). The number of nitrogens with one attached hydrogen (secondary N) is 2. The zero-order valence-corrected chi connectivity index (χ0v) is 14.8. The molecular formula is C15H31N5S. The van der Waals surface area contributed by atoms with Crippen LogP contribution in [-0.4, -0.2) is 86.2 Å². The van der Waals surface area contributed by atoms with E-state index in [2.05, 4.69) is 58.2 Å². The minimum Gasteiger partial charge on any atom is -0.355 e. The summed E-state index contributed by atoms with van der Waals surface area (Å²) in [5.41, 5.74) is 0. The number of aliphatic imine (C=N–C) groups is 1. The van der Waals surface area contributed by atoms with Crippen LogP contribution in [-0.2, 0) is 0 Å². The van der Waals surface area contributed by atoms with Crippen LogP contribution >= 0.6 is 11.8 Å². The molecule has 122 valence electrons. The van der Waals surface area contributed by atoms with Gasteiger partial charge in [0.2, 0.25) is 0 Å². The summed E-state index contributed by atoms with van der Waals surface area (Å²) in [5.74, 6) is 2.23. The molecule has 0 spiro atoms. The van der Waals surface area contributed by atoms with E-state index in [1.54, 1.807) is 0 Å². The van der Waals surface area contributed by atoms with Crippen LogP contribution in [0.3, 0.4) is 0 Å². The molecule has 2 rings (SSSR count). The third-order valence-electron chi connectivity index (χ3n) is 4.64. The number of hydrogen-bond acceptors (Lipinski definition) is 4. The monoisotopic (exact) mass is 313 g/mol. The number of piperazine rings is 1. The van der Waals surface area contributed by atoms with Gasteiger partial charge in [-0.2, -0.15) is 11.8 Å². The van der Waals surface area contributed by atoms with E-state index >= 15 is 0 Å². The molecular weight excluding hydrogens is 282 g/mol. The highest BCUT2D eigenvalue weighted by atomic mass is 32.2. The van der Waals surface area contributed by atoms with Gasteiger partial charge in [0.05, 0.1) is 0 Å². The topological polar surface area (TPSA) is 42.9 Å². The zero-order valence-electron chi connectivity index (χ0n) is 14.0. The summed E-state index contributed by atoms with van der Waals surface area (Å²) in [7, 11) is 6.27. The normalized spacial score (nSPS) is 32.4. The van der Waals surface area contributed by atoms with Gasteiger partial charge in [0.15, 0.2) is 5.96 Å². The van der Waals surface area contributed by atoms with Crippen molar-refractivity contribution in [1.82, 2.24) is 20.4 Å². The van der Waals surface area contributed by atoms with Gasteiger partial charge in [0.1, 0.15) is 0 Å². The molecule has 0 aromatic rings. The Kier molecular flexibility index (Phi) is 6.20. The predicted octanol–water partition coefficient (Wildman–Crippen LogP) is 0.683. The van der Waals surface area contributed by atoms with Crippen LogP contribution in [0, 0.1) is 0 Å². The van der Waals surface area contributed by atoms with E-state index in [9.17, 15) is 0 Å². The molecule has 2 aliphatic heterocycles. The molecule has 2 heterocycles. The number of rotatable bonds is 4. The maximum Gasteiger partial charge on any atom is 0.191 e. The van der Waals surface area contributed by atoms with E-state index in [4.69, 9.17) is 0 Å². The fourth-order valence-corrected chi connectivity index (χ4v) is 4.25. The largest absolute Gasteiger partial charge is 0.355 e. The van der Waals surface area contributed by atoms with E-state index in [1.807, 2.05) is 7.05 Å². The van der Waals surface area contributed by atoms with E-state index in [-0.39, 0.29) is 0 Å². The summed E-state index contributed by atoms with van der Waals surface area (Å²) < 4.78 is 0.374. The molecule has 2 unspecified atom stereocenters. The van der Waals surface area contributed by atoms with Crippen molar-refractivity contribution < 1.29 is 0 Å². The lowest BCUT2D eigenvalue weighted by Crippen LogP contribution is -2.55. The summed E-state index contributed by atoms with van der Waals surface area (Å²) in [6, 6.07) is 0.554. The van der Waals surface area contributed by atoms with Crippen LogP contribution in [0.4, 0.5) is 0 Å². The van der Waals surface area contributed by atoms with Gasteiger partial charge in [-0.25, -0.2) is 0 Å². The Labute approximate surface area is 133 Å². The minimum absolute atomic E-state index is 0.374. The van der Waals surface area contributed by atoms with Gasteiger partial charge >= 0.3 is 0 Å². The van der Waals surface area contributed by atoms with Crippen molar-refractivity contribution in [2.45, 2.75) is 30.6 Å². The molecule has 6 heteroatoms. The lowest BCUT2D eigenvalue weighted by molar-refractivity contribution is 0.116. The maximum atomic E-state index is 4.36. The fraction of sp³-hybridized carbons (Fsp3) is 0.933. The quantitative estimate of drug-likeness (QED) is 0.590. The molecule has 0 bridgehead atoms.